The molecule has 7 nitrogen and oxygen atoms in total. The molecule has 0 aromatic heterocycles. The van der Waals surface area contributed by atoms with Gasteiger partial charge in [0.25, 0.3) is 5.91 Å². The van der Waals surface area contributed by atoms with Crippen molar-refractivity contribution in [2.45, 2.75) is 63.8 Å². The lowest BCUT2D eigenvalue weighted by Gasteiger charge is -2.37. The molecule has 0 spiro atoms. The molecule has 1 aromatic carbocycles. The van der Waals surface area contributed by atoms with Crippen LogP contribution in [0.1, 0.15) is 54.9 Å². The zero-order chi connectivity index (χ0) is 22.2. The van der Waals surface area contributed by atoms with Gasteiger partial charge in [-0.3, -0.25) is 14.5 Å². The molecule has 3 heterocycles. The second-order valence-electron chi connectivity index (χ2n) is 9.54. The van der Waals surface area contributed by atoms with Crippen molar-refractivity contribution in [3.05, 3.63) is 41.6 Å². The molecular weight excluding hydrogens is 406 g/mol. The van der Waals surface area contributed by atoms with Gasteiger partial charge >= 0.3 is 0 Å². The van der Waals surface area contributed by atoms with Crippen LogP contribution < -0.4 is 10.1 Å². The summed E-state index contributed by atoms with van der Waals surface area (Å²) in [6, 6.07) is 5.76. The van der Waals surface area contributed by atoms with E-state index < -0.39 is 6.04 Å². The average Bonchev–Trinajstić information content (AvgIpc) is 3.32. The first-order valence-electron chi connectivity index (χ1n) is 11.9. The van der Waals surface area contributed by atoms with Gasteiger partial charge in [-0.05, 0) is 62.4 Å². The number of carbonyl (C=O) groups excluding carboxylic acids is 2. The van der Waals surface area contributed by atoms with E-state index in [4.69, 9.17) is 9.47 Å². The van der Waals surface area contributed by atoms with Gasteiger partial charge in [0.2, 0.25) is 5.91 Å². The smallest absolute Gasteiger partial charge is 0.255 e. The number of benzene rings is 1. The van der Waals surface area contributed by atoms with Gasteiger partial charge in [-0.25, -0.2) is 0 Å². The number of ether oxygens (including phenoxy) is 2. The average molecular weight is 440 g/mol. The highest BCUT2D eigenvalue weighted by Gasteiger charge is 2.39. The largest absolute Gasteiger partial charge is 0.489 e. The molecular formula is C25H33N3O4. The van der Waals surface area contributed by atoms with E-state index in [-0.39, 0.29) is 17.9 Å². The highest BCUT2D eigenvalue weighted by molar-refractivity contribution is 6.01. The number of rotatable bonds is 7. The van der Waals surface area contributed by atoms with Gasteiger partial charge in [-0.2, -0.15) is 0 Å². The van der Waals surface area contributed by atoms with Gasteiger partial charge in [-0.1, -0.05) is 13.5 Å². The zero-order valence-corrected chi connectivity index (χ0v) is 18.8. The number of fused-ring (bicyclic) bond motifs is 1. The molecule has 1 unspecified atom stereocenters. The predicted molar refractivity (Wildman–Crippen MR) is 120 cm³/mol. The van der Waals surface area contributed by atoms with Gasteiger partial charge < -0.3 is 19.7 Å². The first kappa shape index (κ1) is 21.5. The molecule has 1 aliphatic carbocycles. The van der Waals surface area contributed by atoms with Crippen LogP contribution in [0.25, 0.3) is 0 Å². The van der Waals surface area contributed by atoms with E-state index in [0.29, 0.717) is 36.9 Å². The summed E-state index contributed by atoms with van der Waals surface area (Å²) in [4.78, 5) is 29.6. The number of nitrogens with one attached hydrogen (secondary N) is 1. The number of hydrogen-bond donors (Lipinski definition) is 1. The quantitative estimate of drug-likeness (QED) is 0.707. The first-order valence-corrected chi connectivity index (χ1v) is 11.9. The molecule has 1 saturated carbocycles. The number of carbonyl (C=O) groups is 2. The number of likely N-dealkylation sites (N-methyl/N-ethyl adjacent to an activating group) is 1. The molecule has 7 heteroatoms. The zero-order valence-electron chi connectivity index (χ0n) is 18.8. The standard InChI is InChI=1S/C25H33N3O4/c1-3-27(12-17-14-31-15-17)21-5-4-6-23(21)32-19-8-9-20-18(11-19)13-28(25(20)30)22-10-7-16(2)26-24(22)29/h8-9,11,17,21-23H,2-7,10,12-15H2,1H3,(H,26,29)/t21-,22?,23+/m1/s1. The molecule has 172 valence electrons. The second kappa shape index (κ2) is 8.87. The third-order valence-corrected chi connectivity index (χ3v) is 7.39. The van der Waals surface area contributed by atoms with Crippen molar-refractivity contribution in [1.29, 1.82) is 0 Å². The summed E-state index contributed by atoms with van der Waals surface area (Å²) >= 11 is 0. The van der Waals surface area contributed by atoms with Gasteiger partial charge in [-0.15, -0.1) is 0 Å². The van der Waals surface area contributed by atoms with E-state index in [2.05, 4.69) is 23.7 Å². The third-order valence-electron chi connectivity index (χ3n) is 7.39. The van der Waals surface area contributed by atoms with Crippen LogP contribution in [0, 0.1) is 5.92 Å². The second-order valence-corrected chi connectivity index (χ2v) is 9.54. The molecule has 3 atom stereocenters. The fraction of sp³-hybridized carbons (Fsp3) is 0.600. The number of nitrogens with zero attached hydrogens (tertiary/aromatic N) is 2. The van der Waals surface area contributed by atoms with Gasteiger partial charge in [0.05, 0.1) is 13.2 Å². The van der Waals surface area contributed by atoms with E-state index in [1.165, 1.54) is 6.42 Å². The molecule has 2 saturated heterocycles. The van der Waals surface area contributed by atoms with Gasteiger partial charge in [0.1, 0.15) is 17.9 Å². The highest BCUT2D eigenvalue weighted by atomic mass is 16.5. The van der Waals surface area contributed by atoms with Crippen LogP contribution in [0.15, 0.2) is 30.5 Å². The molecule has 0 bridgehead atoms. The van der Waals surface area contributed by atoms with Crippen LogP contribution in [0.4, 0.5) is 0 Å². The summed E-state index contributed by atoms with van der Waals surface area (Å²) in [7, 11) is 0. The van der Waals surface area contributed by atoms with Crippen LogP contribution in [0.5, 0.6) is 5.75 Å². The normalized spacial score (nSPS) is 28.1. The first-order chi connectivity index (χ1) is 15.5. The van der Waals surface area contributed by atoms with Crippen molar-refractivity contribution >= 4 is 11.8 Å². The Labute approximate surface area is 189 Å². The topological polar surface area (TPSA) is 71.1 Å². The lowest BCUT2D eigenvalue weighted by molar-refractivity contribution is -0.126. The van der Waals surface area contributed by atoms with Crippen molar-refractivity contribution < 1.29 is 19.1 Å². The molecule has 3 aliphatic heterocycles. The van der Waals surface area contributed by atoms with Crippen LogP contribution in [0.2, 0.25) is 0 Å². The number of allylic oxidation sites excluding steroid dienone is 1. The molecule has 0 radical (unpaired) electrons. The van der Waals surface area contributed by atoms with Gasteiger partial charge in [0.15, 0.2) is 0 Å². The van der Waals surface area contributed by atoms with Crippen molar-refractivity contribution in [1.82, 2.24) is 15.1 Å². The Morgan fingerprint density at radius 2 is 2.09 bits per heavy atom. The Morgan fingerprint density at radius 3 is 2.81 bits per heavy atom. The van der Waals surface area contributed by atoms with Crippen molar-refractivity contribution in [2.75, 3.05) is 26.3 Å². The molecule has 2 amide bonds. The summed E-state index contributed by atoms with van der Waals surface area (Å²) in [6.07, 6.45) is 4.87. The lowest BCUT2D eigenvalue weighted by Crippen LogP contribution is -2.49. The summed E-state index contributed by atoms with van der Waals surface area (Å²) in [5, 5.41) is 2.79. The Morgan fingerprint density at radius 1 is 1.25 bits per heavy atom. The maximum absolute atomic E-state index is 13.0. The van der Waals surface area contributed by atoms with Crippen LogP contribution >= 0.6 is 0 Å². The minimum Gasteiger partial charge on any atom is -0.489 e. The fourth-order valence-corrected chi connectivity index (χ4v) is 5.56. The minimum atomic E-state index is -0.433. The van der Waals surface area contributed by atoms with Crippen molar-refractivity contribution in [3.8, 4) is 5.75 Å². The van der Waals surface area contributed by atoms with Crippen LogP contribution in [-0.2, 0) is 16.1 Å². The van der Waals surface area contributed by atoms with Crippen molar-refractivity contribution in [3.63, 3.8) is 0 Å². The summed E-state index contributed by atoms with van der Waals surface area (Å²) in [5.74, 6) is 1.25. The monoisotopic (exact) mass is 439 g/mol. The maximum atomic E-state index is 13.0. The predicted octanol–water partition coefficient (Wildman–Crippen LogP) is 2.70. The van der Waals surface area contributed by atoms with E-state index in [9.17, 15) is 9.59 Å². The maximum Gasteiger partial charge on any atom is 0.255 e. The van der Waals surface area contributed by atoms with E-state index in [0.717, 1.165) is 56.2 Å². The minimum absolute atomic E-state index is 0.0715. The molecule has 1 aromatic rings. The van der Waals surface area contributed by atoms with Crippen LogP contribution in [0.3, 0.4) is 0 Å². The lowest BCUT2D eigenvalue weighted by atomic mass is 10.0. The van der Waals surface area contributed by atoms with Gasteiger partial charge in [0, 0.05) is 36.3 Å². The molecule has 32 heavy (non-hydrogen) atoms. The number of hydrogen-bond acceptors (Lipinski definition) is 5. The number of piperidine rings is 1. The number of amides is 2. The molecule has 4 aliphatic rings. The highest BCUT2D eigenvalue weighted by Crippen LogP contribution is 2.34. The Bertz CT molecular complexity index is 912. The SMILES string of the molecule is C=C1CCC(N2Cc3cc(O[C@H]4CCC[C@H]4N(CC)CC4COC4)ccc3C2=O)C(=O)N1. The Hall–Kier alpha value is -2.38. The summed E-state index contributed by atoms with van der Waals surface area (Å²) < 4.78 is 11.8. The Kier molecular flexibility index (Phi) is 5.95. The van der Waals surface area contributed by atoms with E-state index >= 15 is 0 Å². The molecule has 3 fully saturated rings. The molecule has 1 N–H and O–H groups in total. The molecule has 5 rings (SSSR count). The van der Waals surface area contributed by atoms with Crippen LogP contribution in [-0.4, -0.2) is 66.1 Å². The summed E-state index contributed by atoms with van der Waals surface area (Å²) in [6.45, 7) is 10.3. The Balaban J connectivity index is 1.26. The van der Waals surface area contributed by atoms with E-state index in [1.807, 2.05) is 18.2 Å². The van der Waals surface area contributed by atoms with E-state index in [1.54, 1.807) is 4.90 Å². The third kappa shape index (κ3) is 4.04. The fourth-order valence-electron chi connectivity index (χ4n) is 5.56. The van der Waals surface area contributed by atoms with Crippen molar-refractivity contribution in [2.24, 2.45) is 5.92 Å². The summed E-state index contributed by atoms with van der Waals surface area (Å²) in [5.41, 5.74) is 2.35.